The van der Waals surface area contributed by atoms with Crippen molar-refractivity contribution in [3.8, 4) is 0 Å². The monoisotopic (exact) mass is 291 g/mol. The summed E-state index contributed by atoms with van der Waals surface area (Å²) < 4.78 is 5.21. The van der Waals surface area contributed by atoms with Gasteiger partial charge in [-0.15, -0.1) is 0 Å². The van der Waals surface area contributed by atoms with E-state index in [9.17, 15) is 14.8 Å². The number of amides is 1. The Labute approximate surface area is 125 Å². The van der Waals surface area contributed by atoms with E-state index in [2.05, 4.69) is 5.32 Å². The molecule has 1 aromatic rings. The lowest BCUT2D eigenvalue weighted by Gasteiger charge is -2.20. The van der Waals surface area contributed by atoms with Crippen LogP contribution in [-0.4, -0.2) is 28.9 Å². The normalized spacial score (nSPS) is 14.7. The Bertz CT molecular complexity index is 521. The van der Waals surface area contributed by atoms with E-state index in [0.29, 0.717) is 17.9 Å². The summed E-state index contributed by atoms with van der Waals surface area (Å²) in [5.74, 6) is 0.458. The summed E-state index contributed by atoms with van der Waals surface area (Å²) in [5.41, 5.74) is 2.04. The maximum atomic E-state index is 11.7. The fraction of sp³-hybridized carbons (Fsp3) is 0.533. The van der Waals surface area contributed by atoms with Gasteiger partial charge >= 0.3 is 13.2 Å². The molecule has 1 aliphatic carbocycles. The highest BCUT2D eigenvalue weighted by molar-refractivity contribution is 6.58. The summed E-state index contributed by atoms with van der Waals surface area (Å²) in [4.78, 5) is 11.7. The van der Waals surface area contributed by atoms with Gasteiger partial charge in [-0.25, -0.2) is 4.79 Å². The molecule has 0 bridgehead atoms. The minimum absolute atomic E-state index is 0.378. The van der Waals surface area contributed by atoms with Crippen molar-refractivity contribution in [3.05, 3.63) is 29.3 Å². The molecule has 2 rings (SSSR count). The van der Waals surface area contributed by atoms with Crippen molar-refractivity contribution in [2.45, 2.75) is 51.7 Å². The van der Waals surface area contributed by atoms with Crippen LogP contribution in [0.3, 0.4) is 0 Å². The van der Waals surface area contributed by atoms with Crippen LogP contribution in [0.2, 0.25) is 0 Å². The second-order valence-electron chi connectivity index (χ2n) is 6.46. The van der Waals surface area contributed by atoms with Gasteiger partial charge in [-0.1, -0.05) is 18.2 Å². The zero-order valence-electron chi connectivity index (χ0n) is 12.7. The van der Waals surface area contributed by atoms with Crippen molar-refractivity contribution in [1.82, 2.24) is 5.32 Å². The Hall–Kier alpha value is -1.53. The first kappa shape index (κ1) is 15.9. The van der Waals surface area contributed by atoms with E-state index < -0.39 is 18.8 Å². The van der Waals surface area contributed by atoms with Gasteiger partial charge in [0.15, 0.2) is 0 Å². The van der Waals surface area contributed by atoms with E-state index in [1.54, 1.807) is 6.07 Å². The smallest absolute Gasteiger partial charge is 0.444 e. The first-order valence-electron chi connectivity index (χ1n) is 7.22. The summed E-state index contributed by atoms with van der Waals surface area (Å²) in [7, 11) is -1.46. The van der Waals surface area contributed by atoms with E-state index in [4.69, 9.17) is 4.74 Å². The average molecular weight is 291 g/mol. The van der Waals surface area contributed by atoms with Gasteiger partial charge in [0.25, 0.3) is 0 Å². The molecular weight excluding hydrogens is 269 g/mol. The molecule has 1 fully saturated rings. The minimum Gasteiger partial charge on any atom is -0.444 e. The quantitative estimate of drug-likeness (QED) is 0.730. The number of nitrogens with one attached hydrogen (secondary N) is 1. The van der Waals surface area contributed by atoms with Gasteiger partial charge in [-0.05, 0) is 56.1 Å². The molecule has 0 radical (unpaired) electrons. The van der Waals surface area contributed by atoms with Gasteiger partial charge in [0.1, 0.15) is 5.60 Å². The highest BCUT2D eigenvalue weighted by Crippen LogP contribution is 2.41. The molecule has 1 aliphatic rings. The van der Waals surface area contributed by atoms with Crippen LogP contribution < -0.4 is 10.8 Å². The molecule has 5 nitrogen and oxygen atoms in total. The second kappa shape index (κ2) is 6.07. The van der Waals surface area contributed by atoms with Crippen LogP contribution in [0.5, 0.6) is 0 Å². The second-order valence-corrected chi connectivity index (χ2v) is 6.46. The number of hydrogen-bond acceptors (Lipinski definition) is 4. The van der Waals surface area contributed by atoms with Crippen molar-refractivity contribution in [3.63, 3.8) is 0 Å². The van der Waals surface area contributed by atoms with E-state index in [1.165, 1.54) is 0 Å². The van der Waals surface area contributed by atoms with Crippen LogP contribution >= 0.6 is 0 Å². The fourth-order valence-corrected chi connectivity index (χ4v) is 2.19. The molecule has 0 saturated heterocycles. The van der Waals surface area contributed by atoms with Crippen molar-refractivity contribution in [1.29, 1.82) is 0 Å². The number of benzene rings is 1. The molecule has 114 valence electrons. The molecule has 0 aliphatic heterocycles. The van der Waals surface area contributed by atoms with E-state index in [0.717, 1.165) is 24.0 Å². The predicted octanol–water partition coefficient (Wildman–Crippen LogP) is 1.27. The first-order valence-corrected chi connectivity index (χ1v) is 7.22. The number of carbonyl (C=O) groups excluding carboxylic acids is 1. The maximum absolute atomic E-state index is 11.7. The van der Waals surface area contributed by atoms with Gasteiger partial charge in [0.2, 0.25) is 0 Å². The molecule has 0 aromatic heterocycles. The Kier molecular flexibility index (Phi) is 4.59. The molecule has 3 N–H and O–H groups in total. The molecule has 1 amide bonds. The number of hydrogen-bond donors (Lipinski definition) is 3. The van der Waals surface area contributed by atoms with Gasteiger partial charge in [0.05, 0.1) is 0 Å². The lowest BCUT2D eigenvalue weighted by atomic mass is 9.78. The van der Waals surface area contributed by atoms with Crippen molar-refractivity contribution in [2.24, 2.45) is 0 Å². The van der Waals surface area contributed by atoms with Crippen LogP contribution in [0.1, 0.15) is 50.7 Å². The summed E-state index contributed by atoms with van der Waals surface area (Å²) in [6.07, 6.45) is 1.75. The van der Waals surface area contributed by atoms with Crippen LogP contribution in [0.25, 0.3) is 0 Å². The van der Waals surface area contributed by atoms with E-state index in [1.807, 2.05) is 32.9 Å². The molecular formula is C15H22BNO4. The predicted molar refractivity (Wildman–Crippen MR) is 81.3 cm³/mol. The Morgan fingerprint density at radius 3 is 2.57 bits per heavy atom. The third-order valence-electron chi connectivity index (χ3n) is 3.31. The number of carbonyl (C=O) groups is 1. The number of ether oxygens (including phenoxy) is 1. The molecule has 0 heterocycles. The highest BCUT2D eigenvalue weighted by atomic mass is 16.6. The first-order chi connectivity index (χ1) is 9.76. The van der Waals surface area contributed by atoms with Crippen LogP contribution in [0.4, 0.5) is 4.79 Å². The van der Waals surface area contributed by atoms with Gasteiger partial charge < -0.3 is 20.1 Å². The SMILES string of the molecule is CC(C)(C)OC(=O)NCc1ccc(B(O)O)cc1C1CC1. The van der Waals surface area contributed by atoms with E-state index in [-0.39, 0.29) is 0 Å². The Morgan fingerprint density at radius 2 is 2.05 bits per heavy atom. The summed E-state index contributed by atoms with van der Waals surface area (Å²) in [6.45, 7) is 5.83. The summed E-state index contributed by atoms with van der Waals surface area (Å²) in [5, 5.41) is 21.2. The van der Waals surface area contributed by atoms with Crippen LogP contribution in [-0.2, 0) is 11.3 Å². The minimum atomic E-state index is -1.46. The maximum Gasteiger partial charge on any atom is 0.488 e. The molecule has 0 atom stereocenters. The van der Waals surface area contributed by atoms with Crippen LogP contribution in [0.15, 0.2) is 18.2 Å². The standard InChI is InChI=1S/C15H22BNO4/c1-15(2,3)21-14(18)17-9-11-6-7-12(16(19)20)8-13(11)10-4-5-10/h6-8,10,19-20H,4-5,9H2,1-3H3,(H,17,18). The summed E-state index contributed by atoms with van der Waals surface area (Å²) >= 11 is 0. The fourth-order valence-electron chi connectivity index (χ4n) is 2.19. The lowest BCUT2D eigenvalue weighted by molar-refractivity contribution is 0.0523. The highest BCUT2D eigenvalue weighted by Gasteiger charge is 2.27. The van der Waals surface area contributed by atoms with Gasteiger partial charge in [-0.3, -0.25) is 0 Å². The lowest BCUT2D eigenvalue weighted by Crippen LogP contribution is -2.33. The van der Waals surface area contributed by atoms with Crippen molar-refractivity contribution in [2.75, 3.05) is 0 Å². The van der Waals surface area contributed by atoms with Gasteiger partial charge in [0, 0.05) is 6.54 Å². The topological polar surface area (TPSA) is 78.8 Å². The molecule has 21 heavy (non-hydrogen) atoms. The molecule has 0 unspecified atom stereocenters. The summed E-state index contributed by atoms with van der Waals surface area (Å²) in [6, 6.07) is 5.32. The van der Waals surface area contributed by atoms with Crippen molar-refractivity contribution >= 4 is 18.7 Å². The van der Waals surface area contributed by atoms with Gasteiger partial charge in [-0.2, -0.15) is 0 Å². The Morgan fingerprint density at radius 1 is 1.38 bits per heavy atom. The zero-order valence-corrected chi connectivity index (χ0v) is 12.7. The molecule has 1 saturated carbocycles. The number of alkyl carbamates (subject to hydrolysis) is 1. The molecule has 0 spiro atoms. The molecule has 1 aromatic carbocycles. The zero-order chi connectivity index (χ0) is 15.6. The third kappa shape index (κ3) is 4.75. The Balaban J connectivity index is 2.04. The van der Waals surface area contributed by atoms with Crippen molar-refractivity contribution < 1.29 is 19.6 Å². The third-order valence-corrected chi connectivity index (χ3v) is 3.31. The molecule has 6 heteroatoms. The average Bonchev–Trinajstić information content (AvgIpc) is 3.18. The van der Waals surface area contributed by atoms with E-state index >= 15 is 0 Å². The largest absolute Gasteiger partial charge is 0.488 e. The number of rotatable bonds is 4. The van der Waals surface area contributed by atoms with Crippen LogP contribution in [0, 0.1) is 0 Å².